The summed E-state index contributed by atoms with van der Waals surface area (Å²) in [4.78, 5) is 23.9. The van der Waals surface area contributed by atoms with Gasteiger partial charge in [-0.05, 0) is 99.5 Å². The Hall–Kier alpha value is -1.25. The van der Waals surface area contributed by atoms with E-state index >= 15 is 0 Å². The van der Waals surface area contributed by atoms with Gasteiger partial charge in [-0.2, -0.15) is 0 Å². The first kappa shape index (κ1) is 24.0. The Kier molecular flexibility index (Phi) is 8.04. The van der Waals surface area contributed by atoms with Crippen molar-refractivity contribution in [2.45, 2.75) is 31.6 Å². The van der Waals surface area contributed by atoms with Crippen LogP contribution in [0.2, 0.25) is 0 Å². The van der Waals surface area contributed by atoms with E-state index in [0.29, 0.717) is 9.13 Å². The molecule has 29 heavy (non-hydrogen) atoms. The molecule has 0 aliphatic carbocycles. The lowest BCUT2D eigenvalue weighted by Crippen LogP contribution is -2.20. The molecular formula is C19H17I2O7S-. The normalized spacial score (nSPS) is 11.4. The lowest BCUT2D eigenvalue weighted by molar-refractivity contribution is -0.137. The molecule has 0 unspecified atom stereocenters. The first-order chi connectivity index (χ1) is 13.4. The first-order valence-corrected chi connectivity index (χ1v) is 11.9. The number of hydrogen-bond acceptors (Lipinski definition) is 7. The molecule has 10 heteroatoms. The zero-order valence-electron chi connectivity index (χ0n) is 15.7. The van der Waals surface area contributed by atoms with Crippen LogP contribution in [0.25, 0.3) is 0 Å². The van der Waals surface area contributed by atoms with E-state index in [1.54, 1.807) is 32.0 Å². The molecule has 0 bridgehead atoms. The van der Waals surface area contributed by atoms with Crippen molar-refractivity contribution in [3.8, 4) is 5.75 Å². The maximum Gasteiger partial charge on any atom is 0.349 e. The van der Waals surface area contributed by atoms with Gasteiger partial charge in [-0.15, -0.1) is 0 Å². The SMILES string of the molecule is Cc1cc(OC(=O)COC(=O)c2ccc(I)cc2I)cc(C(C)C)c1S(=O)(=O)[O-]. The standard InChI is InChI=1S/C19H18I2O7S/c1-10(2)15-8-13(6-11(3)18(15)29(24,25)26)28-17(22)9-27-19(23)14-5-4-12(20)7-16(14)21/h4-8,10H,9H2,1-3H3,(H,24,25,26)/p-1. The highest BCUT2D eigenvalue weighted by atomic mass is 127. The third kappa shape index (κ3) is 6.36. The molecule has 0 spiro atoms. The second kappa shape index (κ2) is 9.71. The molecule has 0 fully saturated rings. The smallest absolute Gasteiger partial charge is 0.349 e. The summed E-state index contributed by atoms with van der Waals surface area (Å²) in [5.41, 5.74) is 0.773. The van der Waals surface area contributed by atoms with Gasteiger partial charge in [0.25, 0.3) is 0 Å². The predicted octanol–water partition coefficient (Wildman–Crippen LogP) is 3.99. The van der Waals surface area contributed by atoms with Crippen LogP contribution in [-0.2, 0) is 19.6 Å². The summed E-state index contributed by atoms with van der Waals surface area (Å²) >= 11 is 4.12. The van der Waals surface area contributed by atoms with Crippen molar-refractivity contribution in [1.82, 2.24) is 0 Å². The fourth-order valence-electron chi connectivity index (χ4n) is 2.61. The van der Waals surface area contributed by atoms with Crippen LogP contribution in [0.1, 0.15) is 41.3 Å². The second-order valence-electron chi connectivity index (χ2n) is 6.44. The molecule has 0 aromatic heterocycles. The van der Waals surface area contributed by atoms with Gasteiger partial charge in [0, 0.05) is 7.14 Å². The van der Waals surface area contributed by atoms with Gasteiger partial charge in [0.2, 0.25) is 0 Å². The monoisotopic (exact) mass is 643 g/mol. The average molecular weight is 643 g/mol. The van der Waals surface area contributed by atoms with Crippen LogP contribution in [0.4, 0.5) is 0 Å². The highest BCUT2D eigenvalue weighted by Crippen LogP contribution is 2.31. The summed E-state index contributed by atoms with van der Waals surface area (Å²) in [6, 6.07) is 7.79. The molecule has 0 atom stereocenters. The third-order valence-electron chi connectivity index (χ3n) is 3.85. The molecule has 0 N–H and O–H groups in total. The number of ether oxygens (including phenoxy) is 2. The van der Waals surface area contributed by atoms with Crippen LogP contribution in [0.3, 0.4) is 0 Å². The van der Waals surface area contributed by atoms with Gasteiger partial charge in [0.1, 0.15) is 15.9 Å². The highest BCUT2D eigenvalue weighted by Gasteiger charge is 2.19. The third-order valence-corrected chi connectivity index (χ3v) is 6.47. The molecule has 0 saturated carbocycles. The topological polar surface area (TPSA) is 110 Å². The number of hydrogen-bond donors (Lipinski definition) is 0. The molecule has 0 heterocycles. The second-order valence-corrected chi connectivity index (χ2v) is 10.2. The van der Waals surface area contributed by atoms with Crippen molar-refractivity contribution < 1.29 is 32.0 Å². The Labute approximate surface area is 196 Å². The minimum atomic E-state index is -4.67. The van der Waals surface area contributed by atoms with Gasteiger partial charge >= 0.3 is 11.9 Å². The van der Waals surface area contributed by atoms with E-state index in [-0.39, 0.29) is 27.7 Å². The number of esters is 2. The average Bonchev–Trinajstić information content (AvgIpc) is 2.57. The molecule has 2 aromatic rings. The van der Waals surface area contributed by atoms with Crippen LogP contribution >= 0.6 is 45.2 Å². The maximum absolute atomic E-state index is 12.1. The summed E-state index contributed by atoms with van der Waals surface area (Å²) in [5, 5.41) is 0. The Bertz CT molecular complexity index is 1060. The summed E-state index contributed by atoms with van der Waals surface area (Å²) in [5.74, 6) is -1.70. The van der Waals surface area contributed by atoms with E-state index < -0.39 is 28.7 Å². The van der Waals surface area contributed by atoms with Crippen LogP contribution in [0.15, 0.2) is 35.2 Å². The van der Waals surface area contributed by atoms with Crippen LogP contribution in [0.5, 0.6) is 5.75 Å². The maximum atomic E-state index is 12.1. The fourth-order valence-corrected chi connectivity index (χ4v) is 5.47. The van der Waals surface area contributed by atoms with Crippen molar-refractivity contribution in [3.63, 3.8) is 0 Å². The summed E-state index contributed by atoms with van der Waals surface area (Å²) < 4.78 is 46.5. The Morgan fingerprint density at radius 1 is 1.14 bits per heavy atom. The summed E-state index contributed by atoms with van der Waals surface area (Å²) in [6.45, 7) is 4.28. The van der Waals surface area contributed by atoms with Crippen molar-refractivity contribution in [3.05, 3.63) is 54.2 Å². The molecule has 0 aliphatic rings. The van der Waals surface area contributed by atoms with Crippen molar-refractivity contribution >= 4 is 67.2 Å². The summed E-state index contributed by atoms with van der Waals surface area (Å²) in [6.07, 6.45) is 0. The lowest BCUT2D eigenvalue weighted by atomic mass is 10.0. The lowest BCUT2D eigenvalue weighted by Gasteiger charge is -2.19. The van der Waals surface area contributed by atoms with E-state index in [2.05, 4.69) is 22.6 Å². The fraction of sp³-hybridized carbons (Fsp3) is 0.263. The highest BCUT2D eigenvalue weighted by molar-refractivity contribution is 14.1. The molecule has 0 aliphatic heterocycles. The molecule has 156 valence electrons. The van der Waals surface area contributed by atoms with Crippen LogP contribution < -0.4 is 4.74 Å². The number of aryl methyl sites for hydroxylation is 1. The molecule has 7 nitrogen and oxygen atoms in total. The number of benzene rings is 2. The minimum Gasteiger partial charge on any atom is -0.744 e. The zero-order chi connectivity index (χ0) is 21.9. The quantitative estimate of drug-likeness (QED) is 0.203. The predicted molar refractivity (Wildman–Crippen MR) is 121 cm³/mol. The van der Waals surface area contributed by atoms with Gasteiger partial charge in [0.05, 0.1) is 10.5 Å². The van der Waals surface area contributed by atoms with E-state index in [9.17, 15) is 22.6 Å². The Balaban J connectivity index is 2.14. The minimum absolute atomic E-state index is 0.0727. The molecule has 2 rings (SSSR count). The van der Waals surface area contributed by atoms with Crippen molar-refractivity contribution in [2.24, 2.45) is 0 Å². The van der Waals surface area contributed by atoms with Crippen LogP contribution in [-0.4, -0.2) is 31.5 Å². The van der Waals surface area contributed by atoms with Crippen LogP contribution in [0, 0.1) is 14.1 Å². The number of carbonyl (C=O) groups is 2. The Morgan fingerprint density at radius 2 is 1.79 bits per heavy atom. The van der Waals surface area contributed by atoms with Gasteiger partial charge in [-0.25, -0.2) is 18.0 Å². The molecule has 0 saturated heterocycles. The van der Waals surface area contributed by atoms with Gasteiger partial charge in [0.15, 0.2) is 6.61 Å². The molecule has 0 amide bonds. The van der Waals surface area contributed by atoms with Gasteiger partial charge < -0.3 is 14.0 Å². The van der Waals surface area contributed by atoms with Crippen molar-refractivity contribution in [2.75, 3.05) is 6.61 Å². The van der Waals surface area contributed by atoms with Gasteiger partial charge in [-0.1, -0.05) is 13.8 Å². The van der Waals surface area contributed by atoms with E-state index in [4.69, 9.17) is 9.47 Å². The first-order valence-electron chi connectivity index (χ1n) is 8.33. The molecular weight excluding hydrogens is 626 g/mol. The number of halogens is 2. The Morgan fingerprint density at radius 3 is 2.34 bits per heavy atom. The van der Waals surface area contributed by atoms with E-state index in [0.717, 1.165) is 3.57 Å². The van der Waals surface area contributed by atoms with E-state index in [1.165, 1.54) is 19.1 Å². The van der Waals surface area contributed by atoms with E-state index in [1.807, 2.05) is 22.6 Å². The molecule has 2 aromatic carbocycles. The number of rotatable bonds is 6. The summed E-state index contributed by atoms with van der Waals surface area (Å²) in [7, 11) is -4.67. The van der Waals surface area contributed by atoms with Crippen molar-refractivity contribution in [1.29, 1.82) is 0 Å². The largest absolute Gasteiger partial charge is 0.744 e. The number of carbonyl (C=O) groups excluding carboxylic acids is 2. The molecule has 0 radical (unpaired) electrons. The van der Waals surface area contributed by atoms with Gasteiger partial charge in [-0.3, -0.25) is 0 Å². The zero-order valence-corrected chi connectivity index (χ0v) is 20.8.